The van der Waals surface area contributed by atoms with Crippen LogP contribution in [-0.2, 0) is 0 Å². The lowest BCUT2D eigenvalue weighted by Crippen LogP contribution is -2.03. The Bertz CT molecular complexity index is 207. The standard InChI is InChI=1S/C6H5Cl3O/c7-3-1-4(8)6(10)5(9)2-3/h1,3,10H,2H2. The number of hydrogen-bond donors (Lipinski definition) is 1. The average Bonchev–Trinajstić information content (AvgIpc) is 1.82. The normalized spacial score (nSPS) is 26.7. The molecule has 56 valence electrons. The fraction of sp³-hybridized carbons (Fsp3) is 0.333. The van der Waals surface area contributed by atoms with Crippen LogP contribution >= 0.6 is 34.8 Å². The zero-order valence-corrected chi connectivity index (χ0v) is 7.21. The lowest BCUT2D eigenvalue weighted by atomic mass is 10.1. The molecule has 0 heterocycles. The summed E-state index contributed by atoms with van der Waals surface area (Å²) in [5, 5.41) is 9.41. The number of aliphatic hydroxyl groups is 1. The minimum absolute atomic E-state index is 0.0553. The van der Waals surface area contributed by atoms with Gasteiger partial charge in [0.2, 0.25) is 0 Å². The fourth-order valence-electron chi connectivity index (χ4n) is 0.694. The first-order chi connectivity index (χ1) is 4.61. The average molecular weight is 199 g/mol. The predicted molar refractivity (Wildman–Crippen MR) is 43.7 cm³/mol. The van der Waals surface area contributed by atoms with Gasteiger partial charge in [0.1, 0.15) is 5.76 Å². The Hall–Kier alpha value is 0.150. The molecule has 0 radical (unpaired) electrons. The predicted octanol–water partition coefficient (Wildman–Crippen LogP) is 3.13. The molecule has 0 saturated heterocycles. The molecule has 1 rings (SSSR count). The van der Waals surface area contributed by atoms with E-state index in [2.05, 4.69) is 0 Å². The van der Waals surface area contributed by atoms with Crippen LogP contribution in [0.15, 0.2) is 21.9 Å². The lowest BCUT2D eigenvalue weighted by molar-refractivity contribution is 0.421. The summed E-state index contributed by atoms with van der Waals surface area (Å²) < 4.78 is 0. The van der Waals surface area contributed by atoms with E-state index in [0.717, 1.165) is 0 Å². The monoisotopic (exact) mass is 198 g/mol. The molecular formula is C6H5Cl3O. The van der Waals surface area contributed by atoms with Gasteiger partial charge in [-0.05, 0) is 6.08 Å². The van der Waals surface area contributed by atoms with Crippen LogP contribution < -0.4 is 0 Å². The van der Waals surface area contributed by atoms with Gasteiger partial charge >= 0.3 is 0 Å². The van der Waals surface area contributed by atoms with Crippen molar-refractivity contribution in [2.24, 2.45) is 0 Å². The highest BCUT2D eigenvalue weighted by atomic mass is 35.5. The van der Waals surface area contributed by atoms with Crippen molar-refractivity contribution < 1.29 is 5.11 Å². The number of hydrogen-bond acceptors (Lipinski definition) is 1. The topological polar surface area (TPSA) is 20.2 Å². The summed E-state index contributed by atoms with van der Waals surface area (Å²) in [4.78, 5) is 0. The number of rotatable bonds is 0. The third-order valence-electron chi connectivity index (χ3n) is 1.18. The van der Waals surface area contributed by atoms with Crippen molar-refractivity contribution in [1.82, 2.24) is 0 Å². The maximum atomic E-state index is 9.05. The number of aliphatic hydroxyl groups excluding tert-OH is 1. The molecular weight excluding hydrogens is 194 g/mol. The maximum Gasteiger partial charge on any atom is 0.148 e. The molecule has 1 unspecified atom stereocenters. The first-order valence-electron chi connectivity index (χ1n) is 2.70. The molecule has 1 N–H and O–H groups in total. The van der Waals surface area contributed by atoms with Crippen molar-refractivity contribution in [2.45, 2.75) is 11.8 Å². The summed E-state index contributed by atoms with van der Waals surface area (Å²) in [6, 6.07) is 0. The fourth-order valence-corrected chi connectivity index (χ4v) is 1.70. The smallest absolute Gasteiger partial charge is 0.148 e. The highest BCUT2D eigenvalue weighted by Gasteiger charge is 2.17. The summed E-state index contributed by atoms with van der Waals surface area (Å²) in [6.45, 7) is 0. The molecule has 0 aromatic rings. The number of halogens is 3. The Morgan fingerprint density at radius 1 is 1.50 bits per heavy atom. The van der Waals surface area contributed by atoms with E-state index in [0.29, 0.717) is 11.5 Å². The minimum Gasteiger partial charge on any atom is -0.505 e. The van der Waals surface area contributed by atoms with E-state index in [-0.39, 0.29) is 16.2 Å². The molecule has 1 nitrogen and oxygen atoms in total. The van der Waals surface area contributed by atoms with E-state index in [1.165, 1.54) is 0 Å². The Balaban J connectivity index is 2.90. The van der Waals surface area contributed by atoms with Crippen molar-refractivity contribution >= 4 is 34.8 Å². The quantitative estimate of drug-likeness (QED) is 0.594. The highest BCUT2D eigenvalue weighted by molar-refractivity contribution is 6.37. The molecule has 1 atom stereocenters. The van der Waals surface area contributed by atoms with Gasteiger partial charge in [0.25, 0.3) is 0 Å². The number of alkyl halides is 1. The molecule has 4 heteroatoms. The van der Waals surface area contributed by atoms with Gasteiger partial charge in [-0.15, -0.1) is 11.6 Å². The van der Waals surface area contributed by atoms with E-state index in [1.807, 2.05) is 0 Å². The summed E-state index contributed by atoms with van der Waals surface area (Å²) in [6.07, 6.45) is 2.01. The van der Waals surface area contributed by atoms with Crippen molar-refractivity contribution in [3.05, 3.63) is 21.9 Å². The first-order valence-corrected chi connectivity index (χ1v) is 3.90. The van der Waals surface area contributed by atoms with Crippen molar-refractivity contribution in [3.63, 3.8) is 0 Å². The molecule has 1 aliphatic carbocycles. The SMILES string of the molecule is OC1=C(Cl)CC(Cl)C=C1Cl. The minimum atomic E-state index is -0.198. The van der Waals surface area contributed by atoms with Crippen LogP contribution in [0, 0.1) is 0 Å². The molecule has 1 aliphatic rings. The van der Waals surface area contributed by atoms with Gasteiger partial charge in [0.15, 0.2) is 0 Å². The molecule has 0 saturated carbocycles. The van der Waals surface area contributed by atoms with E-state index in [1.54, 1.807) is 6.08 Å². The van der Waals surface area contributed by atoms with E-state index in [9.17, 15) is 0 Å². The summed E-state index contributed by atoms with van der Waals surface area (Å²) in [7, 11) is 0. The summed E-state index contributed by atoms with van der Waals surface area (Å²) in [5.41, 5.74) is 0. The Morgan fingerprint density at radius 3 is 2.60 bits per heavy atom. The van der Waals surface area contributed by atoms with Gasteiger partial charge in [-0.2, -0.15) is 0 Å². The van der Waals surface area contributed by atoms with E-state index >= 15 is 0 Å². The Kier molecular flexibility index (Phi) is 2.50. The van der Waals surface area contributed by atoms with Crippen LogP contribution in [0.2, 0.25) is 0 Å². The summed E-state index contributed by atoms with van der Waals surface area (Å²) in [5.74, 6) is -0.0553. The van der Waals surface area contributed by atoms with Crippen LogP contribution in [0.4, 0.5) is 0 Å². The highest BCUT2D eigenvalue weighted by Crippen LogP contribution is 2.30. The molecule has 0 fully saturated rings. The van der Waals surface area contributed by atoms with Crippen LogP contribution in [0.25, 0.3) is 0 Å². The third kappa shape index (κ3) is 1.60. The van der Waals surface area contributed by atoms with E-state index < -0.39 is 0 Å². The van der Waals surface area contributed by atoms with Gasteiger partial charge in [0.05, 0.1) is 15.4 Å². The van der Waals surface area contributed by atoms with Gasteiger partial charge in [0, 0.05) is 6.42 Å². The first kappa shape index (κ1) is 8.25. The van der Waals surface area contributed by atoms with Crippen molar-refractivity contribution in [3.8, 4) is 0 Å². The van der Waals surface area contributed by atoms with Gasteiger partial charge in [-0.1, -0.05) is 23.2 Å². The second-order valence-corrected chi connectivity index (χ2v) is 3.41. The molecule has 0 spiro atoms. The maximum absolute atomic E-state index is 9.05. The summed E-state index contributed by atoms with van der Waals surface area (Å²) >= 11 is 16.8. The largest absolute Gasteiger partial charge is 0.505 e. The van der Waals surface area contributed by atoms with Gasteiger partial charge in [-0.3, -0.25) is 0 Å². The Morgan fingerprint density at radius 2 is 2.10 bits per heavy atom. The molecule has 0 aromatic carbocycles. The molecule has 0 bridgehead atoms. The molecule has 0 amide bonds. The van der Waals surface area contributed by atoms with Gasteiger partial charge in [-0.25, -0.2) is 0 Å². The van der Waals surface area contributed by atoms with Gasteiger partial charge < -0.3 is 5.11 Å². The molecule has 0 aliphatic heterocycles. The zero-order valence-electron chi connectivity index (χ0n) is 4.94. The van der Waals surface area contributed by atoms with Crippen LogP contribution in [0.3, 0.4) is 0 Å². The van der Waals surface area contributed by atoms with Crippen LogP contribution in [-0.4, -0.2) is 10.5 Å². The lowest BCUT2D eigenvalue weighted by Gasteiger charge is -2.12. The Labute approximate surface area is 73.9 Å². The second kappa shape index (κ2) is 3.04. The van der Waals surface area contributed by atoms with E-state index in [4.69, 9.17) is 39.9 Å². The molecule has 0 aromatic heterocycles. The second-order valence-electron chi connectivity index (χ2n) is 1.99. The van der Waals surface area contributed by atoms with Crippen molar-refractivity contribution in [2.75, 3.05) is 0 Å². The van der Waals surface area contributed by atoms with Crippen molar-refractivity contribution in [1.29, 1.82) is 0 Å². The van der Waals surface area contributed by atoms with Crippen LogP contribution in [0.5, 0.6) is 0 Å². The third-order valence-corrected chi connectivity index (χ3v) is 2.10. The zero-order chi connectivity index (χ0) is 7.72. The number of allylic oxidation sites excluding steroid dienone is 3. The van der Waals surface area contributed by atoms with Crippen LogP contribution in [0.1, 0.15) is 6.42 Å². The molecule has 10 heavy (non-hydrogen) atoms.